The highest BCUT2D eigenvalue weighted by molar-refractivity contribution is 5.36. The number of para-hydroxylation sites is 1. The summed E-state index contributed by atoms with van der Waals surface area (Å²) in [6, 6.07) is 8.21. The minimum Gasteiger partial charge on any atom is -0.493 e. The third-order valence-electron chi connectivity index (χ3n) is 3.20. The highest BCUT2D eigenvalue weighted by Gasteiger charge is 2.25. The highest BCUT2D eigenvalue weighted by atomic mass is 16.5. The van der Waals surface area contributed by atoms with E-state index in [1.165, 1.54) is 5.56 Å². The summed E-state index contributed by atoms with van der Waals surface area (Å²) in [5.41, 5.74) is 1.51. The van der Waals surface area contributed by atoms with E-state index < -0.39 is 0 Å². The molecule has 1 aliphatic heterocycles. The quantitative estimate of drug-likeness (QED) is 0.791. The number of benzene rings is 1. The van der Waals surface area contributed by atoms with Gasteiger partial charge < -0.3 is 9.47 Å². The Morgan fingerprint density at radius 3 is 2.78 bits per heavy atom. The van der Waals surface area contributed by atoms with Crippen molar-refractivity contribution < 1.29 is 9.47 Å². The standard InChI is InChI=1S/C16H24O2/c1-12(11-16(2,3)4)18-15-9-10-17-14-8-6-5-7-13(14)15/h5-8,12,15H,9-11H2,1-4H3. The van der Waals surface area contributed by atoms with Gasteiger partial charge in [0.15, 0.2) is 0 Å². The van der Waals surface area contributed by atoms with Crippen LogP contribution in [0.4, 0.5) is 0 Å². The molecule has 0 aromatic heterocycles. The van der Waals surface area contributed by atoms with Crippen LogP contribution in [-0.4, -0.2) is 12.7 Å². The molecular formula is C16H24O2. The van der Waals surface area contributed by atoms with Gasteiger partial charge in [-0.2, -0.15) is 0 Å². The van der Waals surface area contributed by atoms with Gasteiger partial charge in [-0.05, 0) is 24.8 Å². The summed E-state index contributed by atoms with van der Waals surface area (Å²) in [5.74, 6) is 0.983. The Kier molecular flexibility index (Phi) is 3.96. The highest BCUT2D eigenvalue weighted by Crippen LogP contribution is 2.36. The van der Waals surface area contributed by atoms with Gasteiger partial charge >= 0.3 is 0 Å². The molecule has 0 bridgehead atoms. The number of hydrogen-bond acceptors (Lipinski definition) is 2. The maximum Gasteiger partial charge on any atom is 0.125 e. The molecule has 0 saturated heterocycles. The fourth-order valence-electron chi connectivity index (χ4n) is 2.64. The van der Waals surface area contributed by atoms with Crippen LogP contribution in [0, 0.1) is 5.41 Å². The van der Waals surface area contributed by atoms with Gasteiger partial charge in [0.1, 0.15) is 5.75 Å². The zero-order valence-corrected chi connectivity index (χ0v) is 11.9. The minimum absolute atomic E-state index is 0.187. The second-order valence-corrected chi connectivity index (χ2v) is 6.38. The molecule has 2 heteroatoms. The van der Waals surface area contributed by atoms with Crippen LogP contribution in [0.1, 0.15) is 52.2 Å². The minimum atomic E-state index is 0.187. The smallest absolute Gasteiger partial charge is 0.125 e. The van der Waals surface area contributed by atoms with Gasteiger partial charge in [-0.15, -0.1) is 0 Å². The molecule has 0 radical (unpaired) electrons. The molecule has 1 aromatic carbocycles. The SMILES string of the molecule is CC(CC(C)(C)C)OC1CCOc2ccccc21. The molecule has 0 saturated carbocycles. The van der Waals surface area contributed by atoms with Gasteiger partial charge in [-0.3, -0.25) is 0 Å². The summed E-state index contributed by atoms with van der Waals surface area (Å²) in [4.78, 5) is 0. The van der Waals surface area contributed by atoms with Crippen molar-refractivity contribution >= 4 is 0 Å². The molecule has 0 amide bonds. The third-order valence-corrected chi connectivity index (χ3v) is 3.20. The van der Waals surface area contributed by atoms with Crippen molar-refractivity contribution in [3.05, 3.63) is 29.8 Å². The van der Waals surface area contributed by atoms with Crippen LogP contribution >= 0.6 is 0 Å². The molecule has 0 fully saturated rings. The summed E-state index contributed by atoms with van der Waals surface area (Å²) < 4.78 is 11.9. The van der Waals surface area contributed by atoms with Crippen LogP contribution in [0.5, 0.6) is 5.75 Å². The fraction of sp³-hybridized carbons (Fsp3) is 0.625. The van der Waals surface area contributed by atoms with Crippen LogP contribution in [-0.2, 0) is 4.74 Å². The molecule has 1 aromatic rings. The maximum absolute atomic E-state index is 6.21. The van der Waals surface area contributed by atoms with Crippen LogP contribution in [0.15, 0.2) is 24.3 Å². The van der Waals surface area contributed by atoms with Crippen LogP contribution < -0.4 is 4.74 Å². The van der Waals surface area contributed by atoms with Crippen molar-refractivity contribution in [2.75, 3.05) is 6.61 Å². The molecule has 0 spiro atoms. The van der Waals surface area contributed by atoms with Crippen molar-refractivity contribution in [3.8, 4) is 5.75 Å². The van der Waals surface area contributed by atoms with E-state index in [4.69, 9.17) is 9.47 Å². The second-order valence-electron chi connectivity index (χ2n) is 6.38. The zero-order chi connectivity index (χ0) is 13.2. The molecule has 2 unspecified atom stereocenters. The topological polar surface area (TPSA) is 18.5 Å². The number of ether oxygens (including phenoxy) is 2. The summed E-state index contributed by atoms with van der Waals surface area (Å²) in [5, 5.41) is 0. The first-order chi connectivity index (χ1) is 8.46. The predicted octanol–water partition coefficient (Wildman–Crippen LogP) is 4.35. The molecule has 1 aliphatic rings. The van der Waals surface area contributed by atoms with Gasteiger partial charge in [0, 0.05) is 12.0 Å². The van der Waals surface area contributed by atoms with Crippen molar-refractivity contribution in [2.24, 2.45) is 5.41 Å². The number of hydrogen-bond donors (Lipinski definition) is 0. The van der Waals surface area contributed by atoms with E-state index in [9.17, 15) is 0 Å². The Morgan fingerprint density at radius 2 is 2.06 bits per heavy atom. The lowest BCUT2D eigenvalue weighted by molar-refractivity contribution is -0.0391. The second kappa shape index (κ2) is 5.31. The Hall–Kier alpha value is -1.02. The molecule has 1 heterocycles. The normalized spacial score (nSPS) is 21.0. The Bertz CT molecular complexity index is 392. The van der Waals surface area contributed by atoms with Gasteiger partial charge in [0.05, 0.1) is 18.8 Å². The lowest BCUT2D eigenvalue weighted by Gasteiger charge is -2.31. The summed E-state index contributed by atoms with van der Waals surface area (Å²) in [6.07, 6.45) is 2.49. The number of fused-ring (bicyclic) bond motifs is 1. The first kappa shape index (κ1) is 13.4. The third kappa shape index (κ3) is 3.49. The average Bonchev–Trinajstić information content (AvgIpc) is 2.27. The molecule has 2 rings (SSSR count). The molecule has 2 atom stereocenters. The van der Waals surface area contributed by atoms with Crippen molar-refractivity contribution in [2.45, 2.75) is 52.7 Å². The average molecular weight is 248 g/mol. The molecular weight excluding hydrogens is 224 g/mol. The lowest BCUT2D eigenvalue weighted by atomic mass is 9.89. The maximum atomic E-state index is 6.21. The van der Waals surface area contributed by atoms with E-state index in [-0.39, 0.29) is 12.2 Å². The summed E-state index contributed by atoms with van der Waals surface area (Å²) in [6.45, 7) is 9.69. The zero-order valence-electron chi connectivity index (χ0n) is 11.9. The van der Waals surface area contributed by atoms with E-state index >= 15 is 0 Å². The summed E-state index contributed by atoms with van der Waals surface area (Å²) >= 11 is 0. The largest absolute Gasteiger partial charge is 0.493 e. The van der Waals surface area contributed by atoms with Gasteiger partial charge in [0.2, 0.25) is 0 Å². The van der Waals surface area contributed by atoms with Crippen LogP contribution in [0.2, 0.25) is 0 Å². The van der Waals surface area contributed by atoms with Crippen LogP contribution in [0.25, 0.3) is 0 Å². The molecule has 0 N–H and O–H groups in total. The van der Waals surface area contributed by atoms with E-state index in [0.717, 1.165) is 25.2 Å². The van der Waals surface area contributed by atoms with E-state index in [0.29, 0.717) is 5.41 Å². The van der Waals surface area contributed by atoms with Crippen molar-refractivity contribution in [3.63, 3.8) is 0 Å². The lowest BCUT2D eigenvalue weighted by Crippen LogP contribution is -2.23. The first-order valence-corrected chi connectivity index (χ1v) is 6.83. The van der Waals surface area contributed by atoms with Crippen molar-refractivity contribution in [1.82, 2.24) is 0 Å². The van der Waals surface area contributed by atoms with Gasteiger partial charge in [0.25, 0.3) is 0 Å². The van der Waals surface area contributed by atoms with Crippen molar-refractivity contribution in [1.29, 1.82) is 0 Å². The first-order valence-electron chi connectivity index (χ1n) is 6.83. The molecule has 100 valence electrons. The van der Waals surface area contributed by atoms with E-state index in [2.05, 4.69) is 39.8 Å². The molecule has 18 heavy (non-hydrogen) atoms. The molecule has 2 nitrogen and oxygen atoms in total. The monoisotopic (exact) mass is 248 g/mol. The van der Waals surface area contributed by atoms with Gasteiger partial charge in [-0.1, -0.05) is 39.0 Å². The Labute approximate surface area is 110 Å². The Balaban J connectivity index is 2.03. The fourth-order valence-corrected chi connectivity index (χ4v) is 2.64. The number of rotatable bonds is 3. The predicted molar refractivity (Wildman–Crippen MR) is 73.9 cm³/mol. The Morgan fingerprint density at radius 1 is 1.33 bits per heavy atom. The van der Waals surface area contributed by atoms with Crippen LogP contribution in [0.3, 0.4) is 0 Å². The molecule has 0 aliphatic carbocycles. The summed E-state index contributed by atoms with van der Waals surface area (Å²) in [7, 11) is 0. The van der Waals surface area contributed by atoms with E-state index in [1.54, 1.807) is 0 Å². The van der Waals surface area contributed by atoms with E-state index in [1.807, 2.05) is 12.1 Å². The van der Waals surface area contributed by atoms with Gasteiger partial charge in [-0.25, -0.2) is 0 Å².